The molecule has 1 rings (SSSR count). The van der Waals surface area contributed by atoms with E-state index in [2.05, 4.69) is 39.6 Å². The van der Waals surface area contributed by atoms with Crippen LogP contribution in [0.25, 0.3) is 0 Å². The zero-order valence-electron chi connectivity index (χ0n) is 10.8. The Hall–Kier alpha value is -0.790. The van der Waals surface area contributed by atoms with Gasteiger partial charge >= 0.3 is 0 Å². The van der Waals surface area contributed by atoms with E-state index in [0.717, 1.165) is 25.1 Å². The second kappa shape index (κ2) is 4.82. The number of aryl methyl sites for hydroxylation is 2. The van der Waals surface area contributed by atoms with Gasteiger partial charge in [-0.25, -0.2) is 4.98 Å². The van der Waals surface area contributed by atoms with Crippen molar-refractivity contribution < 1.29 is 0 Å². The number of aromatic nitrogens is 2. The Morgan fingerprint density at radius 1 is 1.20 bits per heavy atom. The van der Waals surface area contributed by atoms with Crippen LogP contribution in [0.5, 0.6) is 0 Å². The normalized spacial score (nSPS) is 12.1. The first-order valence-electron chi connectivity index (χ1n) is 6.13. The van der Waals surface area contributed by atoms with Crippen molar-refractivity contribution in [1.29, 1.82) is 0 Å². The topological polar surface area (TPSA) is 28.7 Å². The predicted molar refractivity (Wildman–Crippen MR) is 65.3 cm³/mol. The van der Waals surface area contributed by atoms with Gasteiger partial charge in [0.05, 0.1) is 5.69 Å². The molecule has 1 N–H and O–H groups in total. The Morgan fingerprint density at radius 2 is 1.87 bits per heavy atom. The van der Waals surface area contributed by atoms with Crippen molar-refractivity contribution in [2.24, 2.45) is 0 Å². The Morgan fingerprint density at radius 3 is 2.33 bits per heavy atom. The molecule has 0 aliphatic carbocycles. The lowest BCUT2D eigenvalue weighted by atomic mass is 9.89. The Balaban J connectivity index is 3.01. The summed E-state index contributed by atoms with van der Waals surface area (Å²) in [6.45, 7) is 11.1. The number of hydrogen-bond donors (Lipinski definition) is 1. The van der Waals surface area contributed by atoms with Gasteiger partial charge in [-0.2, -0.15) is 0 Å². The molecule has 0 aliphatic heterocycles. The maximum Gasteiger partial charge on any atom is 0.112 e. The molecule has 0 fully saturated rings. The van der Waals surface area contributed by atoms with Gasteiger partial charge in [0, 0.05) is 11.1 Å². The van der Waals surface area contributed by atoms with Crippen molar-refractivity contribution in [1.82, 2.24) is 9.97 Å². The molecule has 0 radical (unpaired) electrons. The minimum atomic E-state index is 0.176. The molecule has 1 heterocycles. The SMILES string of the molecule is CCCc1[nH]c(C(C)(C)CC)nc1CC. The Kier molecular flexibility index (Phi) is 3.95. The Bertz CT molecular complexity index is 310. The van der Waals surface area contributed by atoms with Gasteiger partial charge in [0.25, 0.3) is 0 Å². The Labute approximate surface area is 93.5 Å². The van der Waals surface area contributed by atoms with Gasteiger partial charge in [-0.3, -0.25) is 0 Å². The number of nitrogens with one attached hydrogen (secondary N) is 1. The molecule has 0 atom stereocenters. The van der Waals surface area contributed by atoms with E-state index in [-0.39, 0.29) is 5.41 Å². The van der Waals surface area contributed by atoms with Gasteiger partial charge in [-0.1, -0.05) is 41.0 Å². The standard InChI is InChI=1S/C13H24N2/c1-6-9-11-10(7-2)14-12(15-11)13(4,5)8-3/h6-9H2,1-5H3,(H,14,15). The highest BCUT2D eigenvalue weighted by molar-refractivity contribution is 5.19. The van der Waals surface area contributed by atoms with E-state index in [1.165, 1.54) is 17.8 Å². The largest absolute Gasteiger partial charge is 0.345 e. The second-order valence-corrected chi connectivity index (χ2v) is 4.85. The molecular formula is C13H24N2. The van der Waals surface area contributed by atoms with Gasteiger partial charge in [0.2, 0.25) is 0 Å². The molecule has 0 saturated heterocycles. The summed E-state index contributed by atoms with van der Waals surface area (Å²) in [5.74, 6) is 1.16. The van der Waals surface area contributed by atoms with Gasteiger partial charge in [0.15, 0.2) is 0 Å². The molecule has 0 amide bonds. The van der Waals surface area contributed by atoms with E-state index in [9.17, 15) is 0 Å². The van der Waals surface area contributed by atoms with E-state index < -0.39 is 0 Å². The van der Waals surface area contributed by atoms with Crippen molar-refractivity contribution in [3.8, 4) is 0 Å². The first-order chi connectivity index (χ1) is 7.05. The highest BCUT2D eigenvalue weighted by Crippen LogP contribution is 2.25. The van der Waals surface area contributed by atoms with Gasteiger partial charge in [0.1, 0.15) is 5.82 Å². The van der Waals surface area contributed by atoms with Crippen molar-refractivity contribution in [3.05, 3.63) is 17.2 Å². The van der Waals surface area contributed by atoms with Crippen molar-refractivity contribution in [2.75, 3.05) is 0 Å². The summed E-state index contributed by atoms with van der Waals surface area (Å²) < 4.78 is 0. The smallest absolute Gasteiger partial charge is 0.112 e. The zero-order chi connectivity index (χ0) is 11.5. The summed E-state index contributed by atoms with van der Waals surface area (Å²) in [4.78, 5) is 8.25. The molecule has 2 heteroatoms. The molecule has 0 bridgehead atoms. The van der Waals surface area contributed by atoms with E-state index >= 15 is 0 Å². The second-order valence-electron chi connectivity index (χ2n) is 4.85. The molecule has 1 aromatic heterocycles. The van der Waals surface area contributed by atoms with E-state index in [1.807, 2.05) is 0 Å². The summed E-state index contributed by atoms with van der Waals surface area (Å²) in [5, 5.41) is 0. The third-order valence-corrected chi connectivity index (χ3v) is 3.22. The third kappa shape index (κ3) is 2.61. The maximum absolute atomic E-state index is 4.73. The minimum absolute atomic E-state index is 0.176. The molecule has 15 heavy (non-hydrogen) atoms. The third-order valence-electron chi connectivity index (χ3n) is 3.22. The molecule has 0 spiro atoms. The van der Waals surface area contributed by atoms with Crippen molar-refractivity contribution in [2.45, 2.75) is 65.7 Å². The van der Waals surface area contributed by atoms with Crippen LogP contribution in [0.3, 0.4) is 0 Å². The average molecular weight is 208 g/mol. The first-order valence-corrected chi connectivity index (χ1v) is 6.13. The highest BCUT2D eigenvalue weighted by atomic mass is 15.0. The molecular weight excluding hydrogens is 184 g/mol. The van der Waals surface area contributed by atoms with Crippen LogP contribution in [0, 0.1) is 0 Å². The summed E-state index contributed by atoms with van der Waals surface area (Å²) in [7, 11) is 0. The summed E-state index contributed by atoms with van der Waals surface area (Å²) in [6.07, 6.45) is 4.46. The zero-order valence-corrected chi connectivity index (χ0v) is 10.8. The number of hydrogen-bond acceptors (Lipinski definition) is 1. The van der Waals surface area contributed by atoms with Crippen LogP contribution >= 0.6 is 0 Å². The van der Waals surface area contributed by atoms with Crippen LogP contribution in [0.4, 0.5) is 0 Å². The van der Waals surface area contributed by atoms with E-state index in [4.69, 9.17) is 4.98 Å². The fourth-order valence-corrected chi connectivity index (χ4v) is 1.68. The molecule has 0 aliphatic rings. The molecule has 0 saturated carbocycles. The molecule has 2 nitrogen and oxygen atoms in total. The maximum atomic E-state index is 4.73. The van der Waals surface area contributed by atoms with Crippen LogP contribution < -0.4 is 0 Å². The number of rotatable bonds is 5. The molecule has 0 unspecified atom stereocenters. The van der Waals surface area contributed by atoms with Crippen LogP contribution in [0.2, 0.25) is 0 Å². The number of H-pyrrole nitrogens is 1. The summed E-state index contributed by atoms with van der Waals surface area (Å²) in [5.41, 5.74) is 2.78. The lowest BCUT2D eigenvalue weighted by Gasteiger charge is -2.19. The van der Waals surface area contributed by atoms with Crippen molar-refractivity contribution >= 4 is 0 Å². The van der Waals surface area contributed by atoms with E-state index in [0.29, 0.717) is 0 Å². The fourth-order valence-electron chi connectivity index (χ4n) is 1.68. The highest BCUT2D eigenvalue weighted by Gasteiger charge is 2.23. The van der Waals surface area contributed by atoms with Gasteiger partial charge in [-0.15, -0.1) is 0 Å². The summed E-state index contributed by atoms with van der Waals surface area (Å²) >= 11 is 0. The lowest BCUT2D eigenvalue weighted by molar-refractivity contribution is 0.476. The minimum Gasteiger partial charge on any atom is -0.345 e. The summed E-state index contributed by atoms with van der Waals surface area (Å²) in [6, 6.07) is 0. The first kappa shape index (κ1) is 12.3. The fraction of sp³-hybridized carbons (Fsp3) is 0.769. The predicted octanol–water partition coefficient (Wildman–Crippen LogP) is 3.61. The van der Waals surface area contributed by atoms with Crippen molar-refractivity contribution in [3.63, 3.8) is 0 Å². The lowest BCUT2D eigenvalue weighted by Crippen LogP contribution is -2.17. The number of imidazole rings is 1. The van der Waals surface area contributed by atoms with Crippen LogP contribution in [-0.2, 0) is 18.3 Å². The average Bonchev–Trinajstić information content (AvgIpc) is 2.62. The number of aromatic amines is 1. The molecule has 0 aromatic carbocycles. The van der Waals surface area contributed by atoms with Gasteiger partial charge < -0.3 is 4.98 Å². The van der Waals surface area contributed by atoms with E-state index in [1.54, 1.807) is 0 Å². The molecule has 86 valence electrons. The quantitative estimate of drug-likeness (QED) is 0.786. The van der Waals surface area contributed by atoms with Gasteiger partial charge in [-0.05, 0) is 19.3 Å². The van der Waals surface area contributed by atoms with Crippen LogP contribution in [0.1, 0.15) is 64.7 Å². The van der Waals surface area contributed by atoms with Crippen LogP contribution in [-0.4, -0.2) is 9.97 Å². The number of nitrogens with zero attached hydrogens (tertiary/aromatic N) is 1. The molecule has 1 aromatic rings. The monoisotopic (exact) mass is 208 g/mol. The van der Waals surface area contributed by atoms with Crippen LogP contribution in [0.15, 0.2) is 0 Å².